The number of carboxylic acids is 2. The summed E-state index contributed by atoms with van der Waals surface area (Å²) in [6.07, 6.45) is 5.88. The maximum atomic E-state index is 10.6. The predicted octanol–water partition coefficient (Wildman–Crippen LogP) is 0.802. The first-order valence-corrected chi connectivity index (χ1v) is 4.02. The van der Waals surface area contributed by atoms with E-state index in [1.807, 2.05) is 0 Å². The van der Waals surface area contributed by atoms with Gasteiger partial charge in [0, 0.05) is 0 Å². The monoisotopic (exact) mass is 222 g/mol. The lowest BCUT2D eigenvalue weighted by molar-refractivity contribution is -0.133. The second-order valence-corrected chi connectivity index (χ2v) is 2.62. The summed E-state index contributed by atoms with van der Waals surface area (Å²) in [7, 11) is 0. The first kappa shape index (κ1) is 13.5. The van der Waals surface area contributed by atoms with Crippen molar-refractivity contribution < 1.29 is 24.5 Å². The lowest BCUT2D eigenvalue weighted by Gasteiger charge is -2.07. The number of hydrogen-bond donors (Lipinski definition) is 2. The molecule has 0 spiro atoms. The van der Waals surface area contributed by atoms with Crippen molar-refractivity contribution in [1.29, 1.82) is 0 Å². The normalized spacial score (nSPS) is 10.1. The van der Waals surface area contributed by atoms with Crippen LogP contribution >= 0.6 is 0 Å². The van der Waals surface area contributed by atoms with E-state index in [-0.39, 0.29) is 17.9 Å². The van der Waals surface area contributed by atoms with Gasteiger partial charge in [-0.2, -0.15) is 0 Å². The van der Waals surface area contributed by atoms with Crippen molar-refractivity contribution in [3.8, 4) is 12.3 Å². The maximum Gasteiger partial charge on any atom is 0.338 e. The Bertz CT molecular complexity index is 409. The predicted molar refractivity (Wildman–Crippen MR) is 56.4 cm³/mol. The van der Waals surface area contributed by atoms with Crippen molar-refractivity contribution in [2.75, 3.05) is 6.61 Å². The van der Waals surface area contributed by atoms with Crippen LogP contribution in [0.2, 0.25) is 0 Å². The molecule has 0 saturated carbocycles. The van der Waals surface area contributed by atoms with Crippen molar-refractivity contribution in [3.05, 3.63) is 36.1 Å². The largest absolute Gasteiger partial charge is 0.480 e. The van der Waals surface area contributed by atoms with Gasteiger partial charge in [0.15, 0.2) is 0 Å². The van der Waals surface area contributed by atoms with Gasteiger partial charge in [0.25, 0.3) is 0 Å². The second-order valence-electron chi connectivity index (χ2n) is 2.62. The summed E-state index contributed by atoms with van der Waals surface area (Å²) in [6, 6.07) is 0. The van der Waals surface area contributed by atoms with Crippen molar-refractivity contribution >= 4 is 11.9 Å². The minimum atomic E-state index is -1.33. The first-order chi connectivity index (χ1) is 7.40. The summed E-state index contributed by atoms with van der Waals surface area (Å²) in [5.74, 6) is -0.728. The summed E-state index contributed by atoms with van der Waals surface area (Å²) in [6.45, 7) is 6.24. The molecule has 0 fully saturated rings. The molecule has 0 unspecified atom stereocenters. The van der Waals surface area contributed by atoms with Gasteiger partial charge in [0.1, 0.15) is 12.4 Å². The fourth-order valence-corrected chi connectivity index (χ4v) is 0.661. The molecule has 0 aromatic heterocycles. The molecule has 0 rings (SSSR count). The van der Waals surface area contributed by atoms with Gasteiger partial charge >= 0.3 is 11.9 Å². The molecule has 5 heteroatoms. The Labute approximate surface area is 92.3 Å². The highest BCUT2D eigenvalue weighted by Gasteiger charge is 2.13. The van der Waals surface area contributed by atoms with E-state index in [1.165, 1.54) is 0 Å². The zero-order chi connectivity index (χ0) is 12.7. The van der Waals surface area contributed by atoms with Crippen LogP contribution in [0.25, 0.3) is 0 Å². The van der Waals surface area contributed by atoms with Crippen LogP contribution in [-0.2, 0) is 14.3 Å². The van der Waals surface area contributed by atoms with E-state index in [4.69, 9.17) is 21.4 Å². The molecule has 0 aromatic rings. The molecule has 0 saturated heterocycles. The fourth-order valence-electron chi connectivity index (χ4n) is 0.661. The summed E-state index contributed by atoms with van der Waals surface area (Å²) < 4.78 is 4.86. The van der Waals surface area contributed by atoms with Crippen LogP contribution < -0.4 is 0 Å². The van der Waals surface area contributed by atoms with Crippen LogP contribution in [0.5, 0.6) is 0 Å². The quantitative estimate of drug-likeness (QED) is 0.300. The fraction of sp³-hybridized carbons (Fsp3) is 0.0909. The van der Waals surface area contributed by atoms with Gasteiger partial charge in [-0.1, -0.05) is 19.1 Å². The highest BCUT2D eigenvalue weighted by atomic mass is 16.5. The van der Waals surface area contributed by atoms with E-state index in [0.29, 0.717) is 0 Å². The molecular weight excluding hydrogens is 212 g/mol. The minimum Gasteiger partial charge on any atom is -0.480 e. The average molecular weight is 222 g/mol. The highest BCUT2D eigenvalue weighted by molar-refractivity contribution is 5.93. The zero-order valence-corrected chi connectivity index (χ0v) is 8.40. The molecular formula is C11H10O5. The molecule has 84 valence electrons. The summed E-state index contributed by atoms with van der Waals surface area (Å²) in [4.78, 5) is 21.1. The van der Waals surface area contributed by atoms with Crippen LogP contribution in [0.4, 0.5) is 0 Å². The zero-order valence-electron chi connectivity index (χ0n) is 8.40. The molecule has 0 heterocycles. The number of hydrogen-bond acceptors (Lipinski definition) is 3. The van der Waals surface area contributed by atoms with Gasteiger partial charge < -0.3 is 14.9 Å². The SMILES string of the molecule is C#CCO/C(=C/C(=C)C(=O)O)C(=C)C(=O)O. The van der Waals surface area contributed by atoms with Gasteiger partial charge in [0.05, 0.1) is 11.1 Å². The number of ether oxygens (including phenoxy) is 1. The molecule has 0 atom stereocenters. The highest BCUT2D eigenvalue weighted by Crippen LogP contribution is 2.12. The van der Waals surface area contributed by atoms with E-state index in [2.05, 4.69) is 19.1 Å². The minimum absolute atomic E-state index is 0.189. The molecule has 0 aromatic carbocycles. The topological polar surface area (TPSA) is 83.8 Å². The van der Waals surface area contributed by atoms with Crippen LogP contribution in [0.3, 0.4) is 0 Å². The van der Waals surface area contributed by atoms with E-state index in [1.54, 1.807) is 0 Å². The molecule has 16 heavy (non-hydrogen) atoms. The van der Waals surface area contributed by atoms with Crippen LogP contribution in [0.15, 0.2) is 36.1 Å². The number of terminal acetylenes is 1. The smallest absolute Gasteiger partial charge is 0.338 e. The molecule has 0 radical (unpaired) electrons. The van der Waals surface area contributed by atoms with Gasteiger partial charge in [-0.15, -0.1) is 6.42 Å². The summed E-state index contributed by atoms with van der Waals surface area (Å²) in [5, 5.41) is 17.2. The Morgan fingerprint density at radius 1 is 1.31 bits per heavy atom. The number of carboxylic acid groups (broad SMARTS) is 2. The van der Waals surface area contributed by atoms with E-state index in [0.717, 1.165) is 6.08 Å². The van der Waals surface area contributed by atoms with E-state index >= 15 is 0 Å². The molecule has 0 amide bonds. The van der Waals surface area contributed by atoms with E-state index < -0.39 is 17.5 Å². The molecule has 5 nitrogen and oxygen atoms in total. The third kappa shape index (κ3) is 4.15. The van der Waals surface area contributed by atoms with Gasteiger partial charge in [-0.3, -0.25) is 0 Å². The molecule has 0 aliphatic rings. The standard InChI is InChI=1S/C11H10O5/c1-4-5-16-9(8(3)11(14)15)6-7(2)10(12)13/h1,6H,2-3,5H2,(H,12,13)(H,14,15)/b9-6+. The molecule has 0 bridgehead atoms. The lowest BCUT2D eigenvalue weighted by atomic mass is 10.2. The van der Waals surface area contributed by atoms with Gasteiger partial charge in [-0.05, 0) is 6.08 Å². The Morgan fingerprint density at radius 3 is 2.25 bits per heavy atom. The number of carbonyl (C=O) groups is 2. The lowest BCUT2D eigenvalue weighted by Crippen LogP contribution is -2.07. The van der Waals surface area contributed by atoms with Crippen LogP contribution in [-0.4, -0.2) is 28.8 Å². The Balaban J connectivity index is 5.02. The Hall–Kier alpha value is -2.48. The van der Waals surface area contributed by atoms with Crippen LogP contribution in [0.1, 0.15) is 0 Å². The summed E-state index contributed by atoms with van der Waals surface area (Å²) in [5.41, 5.74) is -0.716. The number of rotatable bonds is 6. The first-order valence-electron chi connectivity index (χ1n) is 4.02. The maximum absolute atomic E-state index is 10.6. The average Bonchev–Trinajstić information content (AvgIpc) is 2.22. The molecule has 0 aliphatic carbocycles. The Kier molecular flexibility index (Phi) is 5.14. The van der Waals surface area contributed by atoms with Crippen molar-refractivity contribution in [1.82, 2.24) is 0 Å². The second kappa shape index (κ2) is 6.09. The van der Waals surface area contributed by atoms with Crippen molar-refractivity contribution in [3.63, 3.8) is 0 Å². The van der Waals surface area contributed by atoms with Gasteiger partial charge in [0.2, 0.25) is 0 Å². The van der Waals surface area contributed by atoms with Crippen molar-refractivity contribution in [2.24, 2.45) is 0 Å². The number of aliphatic carboxylic acids is 2. The van der Waals surface area contributed by atoms with E-state index in [9.17, 15) is 9.59 Å². The Morgan fingerprint density at radius 2 is 1.88 bits per heavy atom. The molecule has 2 N–H and O–H groups in total. The summed E-state index contributed by atoms with van der Waals surface area (Å²) >= 11 is 0. The third-order valence-electron chi connectivity index (χ3n) is 1.45. The van der Waals surface area contributed by atoms with Crippen molar-refractivity contribution in [2.45, 2.75) is 0 Å². The third-order valence-corrected chi connectivity index (χ3v) is 1.45. The molecule has 0 aliphatic heterocycles. The van der Waals surface area contributed by atoms with Gasteiger partial charge in [-0.25, -0.2) is 9.59 Å². The van der Waals surface area contributed by atoms with Crippen LogP contribution in [0, 0.1) is 12.3 Å².